The number of carbonyl (C=O) groups is 1. The van der Waals surface area contributed by atoms with Gasteiger partial charge >= 0.3 is 0 Å². The van der Waals surface area contributed by atoms with Crippen molar-refractivity contribution >= 4 is 5.91 Å². The zero-order valence-electron chi connectivity index (χ0n) is 20.3. The third kappa shape index (κ3) is 14.3. The molecule has 1 rings (SSSR count). The first kappa shape index (κ1) is 27.6. The molecule has 0 heterocycles. The first-order chi connectivity index (χ1) is 15.2. The van der Waals surface area contributed by atoms with Gasteiger partial charge in [-0.2, -0.15) is 0 Å². The van der Waals surface area contributed by atoms with Crippen LogP contribution in [0.25, 0.3) is 0 Å². The monoisotopic (exact) mass is 432 g/mol. The molecule has 1 atom stereocenters. The summed E-state index contributed by atoms with van der Waals surface area (Å²) in [5.74, 6) is 0.00963. The normalized spacial score (nSPS) is 12.1. The summed E-state index contributed by atoms with van der Waals surface area (Å²) in [6.45, 7) is 4.03. The third-order valence-electron chi connectivity index (χ3n) is 6.06. The highest BCUT2D eigenvalue weighted by Gasteiger charge is 2.08. The van der Waals surface area contributed by atoms with E-state index in [1.54, 1.807) is 7.05 Å². The van der Waals surface area contributed by atoms with Crippen molar-refractivity contribution in [2.24, 2.45) is 0 Å². The van der Waals surface area contributed by atoms with Gasteiger partial charge in [0.15, 0.2) is 0 Å². The number of hydrogen-bond acceptors (Lipinski definition) is 3. The van der Waals surface area contributed by atoms with Gasteiger partial charge in [-0.25, -0.2) is 0 Å². The van der Waals surface area contributed by atoms with Crippen LogP contribution in [0.5, 0.6) is 0 Å². The average molecular weight is 433 g/mol. The molecule has 0 radical (unpaired) electrons. The molecule has 0 saturated carbocycles. The topological polar surface area (TPSA) is 61.4 Å². The lowest BCUT2D eigenvalue weighted by Gasteiger charge is -2.12. The Bertz CT molecular complexity index is 562. The van der Waals surface area contributed by atoms with E-state index in [2.05, 4.69) is 23.6 Å². The SMILES string of the molecule is CCCCCCCCNCC(O)CCCCCCCCCc1ccccc1C(=O)NC. The fourth-order valence-electron chi connectivity index (χ4n) is 4.07. The Hall–Kier alpha value is -1.39. The molecular weight excluding hydrogens is 384 g/mol. The van der Waals surface area contributed by atoms with Crippen molar-refractivity contribution in [2.75, 3.05) is 20.1 Å². The second kappa shape index (κ2) is 19.3. The van der Waals surface area contributed by atoms with E-state index < -0.39 is 0 Å². The zero-order chi connectivity index (χ0) is 22.6. The van der Waals surface area contributed by atoms with Crippen molar-refractivity contribution in [1.82, 2.24) is 10.6 Å². The van der Waals surface area contributed by atoms with Crippen LogP contribution in [0.4, 0.5) is 0 Å². The van der Waals surface area contributed by atoms with Crippen LogP contribution >= 0.6 is 0 Å². The number of hydrogen-bond donors (Lipinski definition) is 3. The van der Waals surface area contributed by atoms with Crippen LogP contribution in [0.3, 0.4) is 0 Å². The van der Waals surface area contributed by atoms with Gasteiger partial charge in [0.05, 0.1) is 6.10 Å². The van der Waals surface area contributed by atoms with Crippen LogP contribution in [0.15, 0.2) is 24.3 Å². The summed E-state index contributed by atoms with van der Waals surface area (Å²) < 4.78 is 0. The number of nitrogens with one attached hydrogen (secondary N) is 2. The molecule has 4 nitrogen and oxygen atoms in total. The summed E-state index contributed by atoms with van der Waals surface area (Å²) >= 11 is 0. The minimum Gasteiger partial charge on any atom is -0.392 e. The van der Waals surface area contributed by atoms with E-state index in [9.17, 15) is 9.90 Å². The smallest absolute Gasteiger partial charge is 0.251 e. The third-order valence-corrected chi connectivity index (χ3v) is 6.06. The minimum atomic E-state index is -0.194. The number of carbonyl (C=O) groups excluding carboxylic acids is 1. The molecule has 0 aliphatic rings. The Morgan fingerprint density at radius 1 is 0.871 bits per heavy atom. The largest absolute Gasteiger partial charge is 0.392 e. The lowest BCUT2D eigenvalue weighted by molar-refractivity contribution is 0.0962. The first-order valence-electron chi connectivity index (χ1n) is 12.9. The fraction of sp³-hybridized carbons (Fsp3) is 0.741. The average Bonchev–Trinajstić information content (AvgIpc) is 2.79. The highest BCUT2D eigenvalue weighted by Crippen LogP contribution is 2.15. The molecule has 31 heavy (non-hydrogen) atoms. The van der Waals surface area contributed by atoms with Crippen molar-refractivity contribution in [3.05, 3.63) is 35.4 Å². The Kier molecular flexibility index (Phi) is 17.2. The summed E-state index contributed by atoms with van der Waals surface area (Å²) in [6.07, 6.45) is 18.1. The second-order valence-electron chi connectivity index (χ2n) is 8.88. The van der Waals surface area contributed by atoms with E-state index in [0.717, 1.165) is 49.9 Å². The molecule has 0 spiro atoms. The predicted molar refractivity (Wildman–Crippen MR) is 133 cm³/mol. The van der Waals surface area contributed by atoms with Crippen LogP contribution in [-0.4, -0.2) is 37.3 Å². The van der Waals surface area contributed by atoms with E-state index >= 15 is 0 Å². The Labute approximate surface area is 191 Å². The van der Waals surface area contributed by atoms with E-state index in [1.165, 1.54) is 70.6 Å². The van der Waals surface area contributed by atoms with Crippen molar-refractivity contribution in [3.8, 4) is 0 Å². The number of benzene rings is 1. The first-order valence-corrected chi connectivity index (χ1v) is 12.9. The molecule has 0 bridgehead atoms. The standard InChI is InChI=1S/C27H48N2O2/c1-3-4-5-6-12-17-22-29-23-25(30)20-14-11-9-7-8-10-13-18-24-19-15-16-21-26(24)27(31)28-2/h15-16,19,21,25,29-30H,3-14,17-18,20,22-23H2,1-2H3,(H,28,31). The van der Waals surface area contributed by atoms with Gasteiger partial charge in [-0.1, -0.05) is 95.8 Å². The maximum atomic E-state index is 11.9. The lowest BCUT2D eigenvalue weighted by atomic mass is 9.99. The molecule has 0 aliphatic carbocycles. The minimum absolute atomic E-state index is 0.00963. The maximum absolute atomic E-state index is 11.9. The van der Waals surface area contributed by atoms with Crippen LogP contribution in [-0.2, 0) is 6.42 Å². The van der Waals surface area contributed by atoms with Crippen molar-refractivity contribution < 1.29 is 9.90 Å². The molecule has 3 N–H and O–H groups in total. The highest BCUT2D eigenvalue weighted by atomic mass is 16.3. The van der Waals surface area contributed by atoms with E-state index in [-0.39, 0.29) is 12.0 Å². The molecule has 1 amide bonds. The van der Waals surface area contributed by atoms with E-state index in [4.69, 9.17) is 0 Å². The number of unbranched alkanes of at least 4 members (excludes halogenated alkanes) is 11. The van der Waals surface area contributed by atoms with Crippen molar-refractivity contribution in [2.45, 2.75) is 109 Å². The van der Waals surface area contributed by atoms with E-state index in [1.807, 2.05) is 18.2 Å². The van der Waals surface area contributed by atoms with Crippen molar-refractivity contribution in [1.29, 1.82) is 0 Å². The molecule has 4 heteroatoms. The van der Waals surface area contributed by atoms with Crippen LogP contribution < -0.4 is 10.6 Å². The summed E-state index contributed by atoms with van der Waals surface area (Å²) in [5, 5.41) is 16.2. The Balaban J connectivity index is 1.92. The second-order valence-corrected chi connectivity index (χ2v) is 8.88. The number of aryl methyl sites for hydroxylation is 1. The summed E-state index contributed by atoms with van der Waals surface area (Å²) in [5.41, 5.74) is 1.96. The molecule has 0 aromatic heterocycles. The van der Waals surface area contributed by atoms with Gasteiger partial charge in [0.2, 0.25) is 0 Å². The van der Waals surface area contributed by atoms with Crippen LogP contribution in [0.1, 0.15) is 113 Å². The zero-order valence-corrected chi connectivity index (χ0v) is 20.3. The van der Waals surface area contributed by atoms with E-state index in [0.29, 0.717) is 0 Å². The number of aliphatic hydroxyl groups excluding tert-OH is 1. The molecule has 0 aliphatic heterocycles. The number of amides is 1. The van der Waals surface area contributed by atoms with Gasteiger partial charge in [0.25, 0.3) is 5.91 Å². The number of rotatable bonds is 20. The molecule has 0 fully saturated rings. The molecule has 1 aromatic carbocycles. The van der Waals surface area contributed by atoms with Gasteiger partial charge in [-0.15, -0.1) is 0 Å². The van der Waals surface area contributed by atoms with Crippen molar-refractivity contribution in [3.63, 3.8) is 0 Å². The molecular formula is C27H48N2O2. The summed E-state index contributed by atoms with van der Waals surface area (Å²) in [4.78, 5) is 11.9. The molecule has 0 saturated heterocycles. The molecule has 178 valence electrons. The lowest BCUT2D eigenvalue weighted by Crippen LogP contribution is -2.27. The molecule has 1 aromatic rings. The van der Waals surface area contributed by atoms with Crippen LogP contribution in [0, 0.1) is 0 Å². The van der Waals surface area contributed by atoms with Gasteiger partial charge in [-0.05, 0) is 43.9 Å². The Morgan fingerprint density at radius 3 is 2.19 bits per heavy atom. The quantitative estimate of drug-likeness (QED) is 0.221. The predicted octanol–water partition coefficient (Wildman–Crippen LogP) is 6.02. The van der Waals surface area contributed by atoms with Gasteiger partial charge in [-0.3, -0.25) is 4.79 Å². The van der Waals surface area contributed by atoms with Crippen LogP contribution in [0.2, 0.25) is 0 Å². The number of aliphatic hydroxyl groups is 1. The highest BCUT2D eigenvalue weighted by molar-refractivity contribution is 5.95. The van der Waals surface area contributed by atoms with Gasteiger partial charge in [0.1, 0.15) is 0 Å². The summed E-state index contributed by atoms with van der Waals surface area (Å²) in [7, 11) is 1.69. The van der Waals surface area contributed by atoms with Gasteiger partial charge < -0.3 is 15.7 Å². The fourth-order valence-corrected chi connectivity index (χ4v) is 4.07. The van der Waals surface area contributed by atoms with Gasteiger partial charge in [0, 0.05) is 19.2 Å². The molecule has 1 unspecified atom stereocenters. The Morgan fingerprint density at radius 2 is 1.48 bits per heavy atom. The maximum Gasteiger partial charge on any atom is 0.251 e. The summed E-state index contributed by atoms with van der Waals surface area (Å²) in [6, 6.07) is 7.92.